The molecule has 1 fully saturated rings. The van der Waals surface area contributed by atoms with Crippen LogP contribution in [-0.4, -0.2) is 39.0 Å². The molecule has 0 spiro atoms. The Morgan fingerprint density at radius 1 is 1.14 bits per heavy atom. The molecule has 1 aliphatic heterocycles. The molecule has 28 heavy (non-hydrogen) atoms. The van der Waals surface area contributed by atoms with Gasteiger partial charge in [0.15, 0.2) is 0 Å². The van der Waals surface area contributed by atoms with E-state index in [9.17, 15) is 4.79 Å². The van der Waals surface area contributed by atoms with Crippen molar-refractivity contribution in [3.63, 3.8) is 0 Å². The first-order valence-electron chi connectivity index (χ1n) is 8.68. The van der Waals surface area contributed by atoms with Gasteiger partial charge < -0.3 is 15.0 Å². The number of halogens is 2. The molecule has 0 aliphatic carbocycles. The highest BCUT2D eigenvalue weighted by atomic mass is 35.5. The topological polar surface area (TPSA) is 72.3 Å². The predicted octanol–water partition coefficient (Wildman–Crippen LogP) is 4.25. The molecule has 144 valence electrons. The van der Waals surface area contributed by atoms with Crippen LogP contribution in [0.1, 0.15) is 11.7 Å². The third-order valence-electron chi connectivity index (χ3n) is 4.38. The second-order valence-electron chi connectivity index (χ2n) is 6.41. The fourth-order valence-electron chi connectivity index (χ4n) is 2.80. The number of rotatable bonds is 5. The summed E-state index contributed by atoms with van der Waals surface area (Å²) in [6.07, 6.45) is 1.85. The van der Waals surface area contributed by atoms with Crippen molar-refractivity contribution in [2.75, 3.05) is 18.4 Å². The Balaban J connectivity index is 1.27. The highest BCUT2D eigenvalue weighted by Crippen LogP contribution is 2.26. The van der Waals surface area contributed by atoms with E-state index in [4.69, 9.17) is 27.9 Å². The van der Waals surface area contributed by atoms with E-state index in [1.165, 1.54) is 0 Å². The molecule has 0 radical (unpaired) electrons. The summed E-state index contributed by atoms with van der Waals surface area (Å²) >= 11 is 11.9. The first-order valence-corrected chi connectivity index (χ1v) is 9.43. The van der Waals surface area contributed by atoms with Crippen LogP contribution in [0.3, 0.4) is 0 Å². The van der Waals surface area contributed by atoms with Crippen LogP contribution < -0.4 is 10.1 Å². The summed E-state index contributed by atoms with van der Waals surface area (Å²) in [4.78, 5) is 14.0. The Hall–Kier alpha value is -2.77. The van der Waals surface area contributed by atoms with Crippen molar-refractivity contribution in [2.45, 2.75) is 12.6 Å². The Morgan fingerprint density at radius 2 is 1.93 bits per heavy atom. The number of carbonyl (C=O) groups excluding carboxylic acids is 1. The molecule has 0 saturated carbocycles. The Kier molecular flexibility index (Phi) is 5.36. The average molecular weight is 418 g/mol. The van der Waals surface area contributed by atoms with Crippen LogP contribution in [0.2, 0.25) is 10.0 Å². The van der Waals surface area contributed by atoms with Crippen molar-refractivity contribution >= 4 is 34.9 Å². The highest BCUT2D eigenvalue weighted by Gasteiger charge is 2.33. The number of nitrogens with one attached hydrogen (secondary N) is 1. The maximum absolute atomic E-state index is 12.3. The molecule has 4 rings (SSSR count). The molecule has 2 aromatic carbocycles. The number of anilines is 1. The number of carbonyl (C=O) groups is 1. The van der Waals surface area contributed by atoms with Gasteiger partial charge in [0.1, 0.15) is 18.1 Å². The van der Waals surface area contributed by atoms with Gasteiger partial charge in [0.05, 0.1) is 22.3 Å². The van der Waals surface area contributed by atoms with E-state index in [1.54, 1.807) is 27.8 Å². The second-order valence-corrected chi connectivity index (χ2v) is 7.22. The molecule has 3 aromatic rings. The number of aromatic nitrogens is 3. The van der Waals surface area contributed by atoms with Gasteiger partial charge in [-0.2, -0.15) is 0 Å². The van der Waals surface area contributed by atoms with Crippen molar-refractivity contribution in [2.24, 2.45) is 0 Å². The van der Waals surface area contributed by atoms with Crippen LogP contribution in [-0.2, 0) is 6.61 Å². The number of amides is 2. The average Bonchev–Trinajstić information content (AvgIpc) is 3.11. The fourth-order valence-corrected chi connectivity index (χ4v) is 3.09. The largest absolute Gasteiger partial charge is 0.487 e. The van der Waals surface area contributed by atoms with Crippen LogP contribution in [0.15, 0.2) is 54.7 Å². The number of urea groups is 1. The lowest BCUT2D eigenvalue weighted by molar-refractivity contribution is 0.127. The number of hydrogen-bond acceptors (Lipinski definition) is 4. The van der Waals surface area contributed by atoms with Crippen LogP contribution in [0.5, 0.6) is 5.75 Å². The maximum atomic E-state index is 12.3. The Bertz CT molecular complexity index is 973. The van der Waals surface area contributed by atoms with Gasteiger partial charge in [0, 0.05) is 18.8 Å². The van der Waals surface area contributed by atoms with Gasteiger partial charge in [0.25, 0.3) is 0 Å². The van der Waals surface area contributed by atoms with Gasteiger partial charge in [-0.25, -0.2) is 9.48 Å². The van der Waals surface area contributed by atoms with E-state index >= 15 is 0 Å². The minimum atomic E-state index is -0.192. The van der Waals surface area contributed by atoms with Crippen LogP contribution in [0.25, 0.3) is 0 Å². The quantitative estimate of drug-likeness (QED) is 0.673. The van der Waals surface area contributed by atoms with E-state index in [1.807, 2.05) is 36.5 Å². The number of hydrogen-bond donors (Lipinski definition) is 1. The summed E-state index contributed by atoms with van der Waals surface area (Å²) in [5.74, 6) is 0.783. The van der Waals surface area contributed by atoms with Crippen molar-refractivity contribution in [1.29, 1.82) is 0 Å². The van der Waals surface area contributed by atoms with Gasteiger partial charge in [-0.15, -0.1) is 5.10 Å². The first-order chi connectivity index (χ1) is 13.6. The highest BCUT2D eigenvalue weighted by molar-refractivity contribution is 6.42. The van der Waals surface area contributed by atoms with Crippen molar-refractivity contribution in [3.8, 4) is 5.75 Å². The summed E-state index contributed by atoms with van der Waals surface area (Å²) in [5, 5.41) is 11.9. The Morgan fingerprint density at radius 3 is 2.68 bits per heavy atom. The molecule has 9 heteroatoms. The third kappa shape index (κ3) is 4.21. The summed E-state index contributed by atoms with van der Waals surface area (Å²) in [6.45, 7) is 1.45. The molecule has 2 amide bonds. The number of ether oxygens (including phenoxy) is 1. The lowest BCUT2D eigenvalue weighted by atomic mass is 10.1. The van der Waals surface area contributed by atoms with Crippen LogP contribution in [0.4, 0.5) is 10.5 Å². The van der Waals surface area contributed by atoms with Crippen LogP contribution >= 0.6 is 23.2 Å². The SMILES string of the molecule is O=C(Nc1ccc(Cl)c(Cl)c1)N1CC(n2cc(COc3ccccc3)nn2)C1. The summed E-state index contributed by atoms with van der Waals surface area (Å²) in [5.41, 5.74) is 1.34. The molecule has 1 aliphatic rings. The second kappa shape index (κ2) is 8.08. The lowest BCUT2D eigenvalue weighted by Crippen LogP contribution is -2.52. The summed E-state index contributed by atoms with van der Waals surface area (Å²) < 4.78 is 7.44. The van der Waals surface area contributed by atoms with Crippen LogP contribution in [0, 0.1) is 0 Å². The zero-order valence-electron chi connectivity index (χ0n) is 14.8. The van der Waals surface area contributed by atoms with E-state index in [-0.39, 0.29) is 12.1 Å². The molecular formula is C19H17Cl2N5O2. The number of para-hydroxylation sites is 1. The molecular weight excluding hydrogens is 401 g/mol. The smallest absolute Gasteiger partial charge is 0.321 e. The molecule has 2 heterocycles. The molecule has 7 nitrogen and oxygen atoms in total. The monoisotopic (exact) mass is 417 g/mol. The predicted molar refractivity (Wildman–Crippen MR) is 107 cm³/mol. The molecule has 1 saturated heterocycles. The van der Waals surface area contributed by atoms with Gasteiger partial charge in [-0.05, 0) is 30.3 Å². The number of benzene rings is 2. The minimum Gasteiger partial charge on any atom is -0.487 e. The van der Waals surface area contributed by atoms with Gasteiger partial charge in [-0.1, -0.05) is 46.6 Å². The molecule has 1 N–H and O–H groups in total. The van der Waals surface area contributed by atoms with E-state index in [2.05, 4.69) is 15.6 Å². The van der Waals surface area contributed by atoms with E-state index in [0.29, 0.717) is 35.4 Å². The molecule has 0 atom stereocenters. The molecule has 1 aromatic heterocycles. The number of nitrogens with zero attached hydrogens (tertiary/aromatic N) is 4. The van der Waals surface area contributed by atoms with Gasteiger partial charge >= 0.3 is 6.03 Å². The zero-order valence-corrected chi connectivity index (χ0v) is 16.3. The van der Waals surface area contributed by atoms with Gasteiger partial charge in [-0.3, -0.25) is 0 Å². The Labute approximate surface area is 171 Å². The third-order valence-corrected chi connectivity index (χ3v) is 5.12. The van der Waals surface area contributed by atoms with Crippen molar-refractivity contribution < 1.29 is 9.53 Å². The standard InChI is InChI=1S/C19H17Cl2N5O2/c20-17-7-6-13(8-18(17)21)22-19(27)25-10-15(11-25)26-9-14(23-24-26)12-28-16-4-2-1-3-5-16/h1-9,15H,10-12H2,(H,22,27). The van der Waals surface area contributed by atoms with E-state index in [0.717, 1.165) is 11.4 Å². The maximum Gasteiger partial charge on any atom is 0.321 e. The summed E-state index contributed by atoms with van der Waals surface area (Å²) in [6, 6.07) is 14.4. The molecule has 0 unspecified atom stereocenters. The van der Waals surface area contributed by atoms with Gasteiger partial charge in [0.2, 0.25) is 0 Å². The normalized spacial score (nSPS) is 13.9. The fraction of sp³-hybridized carbons (Fsp3) is 0.211. The van der Waals surface area contributed by atoms with Crippen molar-refractivity contribution in [3.05, 3.63) is 70.5 Å². The molecule has 0 bridgehead atoms. The lowest BCUT2D eigenvalue weighted by Gasteiger charge is -2.38. The number of likely N-dealkylation sites (tertiary alicyclic amines) is 1. The zero-order chi connectivity index (χ0) is 19.5. The first kappa shape index (κ1) is 18.6. The van der Waals surface area contributed by atoms with E-state index < -0.39 is 0 Å². The van der Waals surface area contributed by atoms with Crippen molar-refractivity contribution in [1.82, 2.24) is 19.9 Å². The minimum absolute atomic E-state index is 0.0949. The summed E-state index contributed by atoms with van der Waals surface area (Å²) in [7, 11) is 0.